The van der Waals surface area contributed by atoms with Crippen LogP contribution in [0.2, 0.25) is 0 Å². The van der Waals surface area contributed by atoms with E-state index >= 15 is 0 Å². The predicted octanol–water partition coefficient (Wildman–Crippen LogP) is 2.27. The van der Waals surface area contributed by atoms with Crippen molar-refractivity contribution in [2.75, 3.05) is 20.3 Å². The summed E-state index contributed by atoms with van der Waals surface area (Å²) in [6.45, 7) is 1.48. The van der Waals surface area contributed by atoms with E-state index in [2.05, 4.69) is 5.32 Å². The van der Waals surface area contributed by atoms with Gasteiger partial charge in [0.25, 0.3) is 0 Å². The van der Waals surface area contributed by atoms with Crippen LogP contribution in [0, 0.1) is 5.41 Å². The van der Waals surface area contributed by atoms with Crippen molar-refractivity contribution in [1.29, 1.82) is 0 Å². The van der Waals surface area contributed by atoms with Crippen LogP contribution >= 0.6 is 0 Å². The maximum Gasteiger partial charge on any atom is 0.237 e. The number of carbonyl (C=O) groups excluding carboxylic acids is 1. The molecule has 0 saturated heterocycles. The molecule has 1 amide bonds. The first-order valence-electron chi connectivity index (χ1n) is 8.21. The van der Waals surface area contributed by atoms with Crippen LogP contribution in [-0.2, 0) is 16.0 Å². The molecular formula is C18H28N2O2. The largest absolute Gasteiger partial charge is 0.385 e. The quantitative estimate of drug-likeness (QED) is 0.774. The van der Waals surface area contributed by atoms with Crippen molar-refractivity contribution < 1.29 is 9.53 Å². The second-order valence-electron chi connectivity index (χ2n) is 6.46. The highest BCUT2D eigenvalue weighted by atomic mass is 16.5. The summed E-state index contributed by atoms with van der Waals surface area (Å²) in [6, 6.07) is 9.43. The van der Waals surface area contributed by atoms with E-state index in [1.165, 1.54) is 25.7 Å². The zero-order valence-corrected chi connectivity index (χ0v) is 13.5. The van der Waals surface area contributed by atoms with Crippen LogP contribution in [0.1, 0.15) is 37.7 Å². The smallest absolute Gasteiger partial charge is 0.237 e. The summed E-state index contributed by atoms with van der Waals surface area (Å²) < 4.78 is 5.22. The van der Waals surface area contributed by atoms with Gasteiger partial charge in [-0.1, -0.05) is 43.2 Å². The Hall–Kier alpha value is -1.39. The third-order valence-corrected chi connectivity index (χ3v) is 4.77. The Balaban J connectivity index is 1.82. The molecule has 4 nitrogen and oxygen atoms in total. The lowest BCUT2D eigenvalue weighted by atomic mass is 9.83. The number of hydrogen-bond donors (Lipinski definition) is 2. The summed E-state index contributed by atoms with van der Waals surface area (Å²) in [5.74, 6) is -0.0486. The number of carbonyl (C=O) groups is 1. The second kappa shape index (κ2) is 8.30. The standard InChI is InChI=1S/C18H28N2O2/c1-22-12-11-18(9-5-6-10-18)14-20-17(21)16(19)13-15-7-3-2-4-8-15/h2-4,7-8,16H,5-6,9-14,19H2,1H3,(H,20,21)/t16-/m0/s1. The Kier molecular flexibility index (Phi) is 6.40. The van der Waals surface area contributed by atoms with Crippen LogP contribution in [-0.4, -0.2) is 32.2 Å². The number of rotatable bonds is 8. The Morgan fingerprint density at radius 2 is 2.00 bits per heavy atom. The molecule has 1 fully saturated rings. The lowest BCUT2D eigenvalue weighted by Crippen LogP contribution is -2.46. The van der Waals surface area contributed by atoms with Crippen LogP contribution in [0.25, 0.3) is 0 Å². The van der Waals surface area contributed by atoms with Crippen molar-refractivity contribution >= 4 is 5.91 Å². The molecule has 3 N–H and O–H groups in total. The molecule has 22 heavy (non-hydrogen) atoms. The molecule has 1 aliphatic rings. The molecule has 0 aromatic heterocycles. The van der Waals surface area contributed by atoms with Gasteiger partial charge in [-0.05, 0) is 36.7 Å². The van der Waals surface area contributed by atoms with Crippen LogP contribution in [0.15, 0.2) is 30.3 Å². The van der Waals surface area contributed by atoms with E-state index < -0.39 is 6.04 Å². The maximum atomic E-state index is 12.3. The normalized spacial score (nSPS) is 18.1. The number of methoxy groups -OCH3 is 1. The summed E-state index contributed by atoms with van der Waals surface area (Å²) in [7, 11) is 1.73. The first-order valence-corrected chi connectivity index (χ1v) is 8.21. The van der Waals surface area contributed by atoms with E-state index in [1.54, 1.807) is 7.11 Å². The van der Waals surface area contributed by atoms with Crippen LogP contribution in [0.4, 0.5) is 0 Å². The van der Waals surface area contributed by atoms with Gasteiger partial charge in [-0.2, -0.15) is 0 Å². The molecule has 0 spiro atoms. The molecule has 0 unspecified atom stereocenters. The topological polar surface area (TPSA) is 64.3 Å². The van der Waals surface area contributed by atoms with Crippen molar-refractivity contribution in [3.63, 3.8) is 0 Å². The lowest BCUT2D eigenvalue weighted by molar-refractivity contribution is -0.122. The molecule has 2 rings (SSSR count). The molecule has 4 heteroatoms. The molecule has 0 radical (unpaired) electrons. The summed E-state index contributed by atoms with van der Waals surface area (Å²) >= 11 is 0. The summed E-state index contributed by atoms with van der Waals surface area (Å²) in [5, 5.41) is 3.07. The molecule has 1 atom stereocenters. The number of ether oxygens (including phenoxy) is 1. The third-order valence-electron chi connectivity index (χ3n) is 4.77. The van der Waals surface area contributed by atoms with Crippen molar-refractivity contribution in [2.45, 2.75) is 44.6 Å². The maximum absolute atomic E-state index is 12.3. The van der Waals surface area contributed by atoms with Gasteiger partial charge < -0.3 is 15.8 Å². The average molecular weight is 304 g/mol. The van der Waals surface area contributed by atoms with Crippen LogP contribution in [0.3, 0.4) is 0 Å². The van der Waals surface area contributed by atoms with E-state index in [0.717, 1.165) is 25.1 Å². The Morgan fingerprint density at radius 1 is 1.32 bits per heavy atom. The van der Waals surface area contributed by atoms with Crippen LogP contribution in [0.5, 0.6) is 0 Å². The molecule has 1 saturated carbocycles. The predicted molar refractivity (Wildman–Crippen MR) is 88.5 cm³/mol. The number of benzene rings is 1. The number of hydrogen-bond acceptors (Lipinski definition) is 3. The number of amides is 1. The minimum absolute atomic E-state index is 0.0486. The molecule has 0 heterocycles. The zero-order valence-electron chi connectivity index (χ0n) is 13.5. The van der Waals surface area contributed by atoms with E-state index in [1.807, 2.05) is 30.3 Å². The first kappa shape index (κ1) is 17.0. The SMILES string of the molecule is COCCC1(CNC(=O)[C@@H](N)Cc2ccccc2)CCCC1. The fourth-order valence-corrected chi connectivity index (χ4v) is 3.33. The van der Waals surface area contributed by atoms with Crippen molar-refractivity contribution in [1.82, 2.24) is 5.32 Å². The van der Waals surface area contributed by atoms with Crippen molar-refractivity contribution in [3.05, 3.63) is 35.9 Å². The fraction of sp³-hybridized carbons (Fsp3) is 0.611. The molecule has 1 aromatic carbocycles. The van der Waals surface area contributed by atoms with Crippen LogP contribution < -0.4 is 11.1 Å². The van der Waals surface area contributed by atoms with Crippen molar-refractivity contribution in [3.8, 4) is 0 Å². The van der Waals surface area contributed by atoms with Gasteiger partial charge in [0.1, 0.15) is 0 Å². The van der Waals surface area contributed by atoms with E-state index in [-0.39, 0.29) is 11.3 Å². The van der Waals surface area contributed by atoms with Gasteiger partial charge in [0.05, 0.1) is 6.04 Å². The molecule has 0 bridgehead atoms. The van der Waals surface area contributed by atoms with E-state index in [0.29, 0.717) is 6.42 Å². The number of nitrogens with two attached hydrogens (primary N) is 1. The monoisotopic (exact) mass is 304 g/mol. The first-order chi connectivity index (χ1) is 10.7. The van der Waals surface area contributed by atoms with Gasteiger partial charge in [0, 0.05) is 20.3 Å². The van der Waals surface area contributed by atoms with Crippen molar-refractivity contribution in [2.24, 2.45) is 11.1 Å². The molecule has 122 valence electrons. The van der Waals surface area contributed by atoms with Gasteiger partial charge in [-0.25, -0.2) is 0 Å². The highest BCUT2D eigenvalue weighted by Crippen LogP contribution is 2.40. The van der Waals surface area contributed by atoms with Gasteiger partial charge >= 0.3 is 0 Å². The molecule has 1 aliphatic carbocycles. The molecule has 1 aromatic rings. The van der Waals surface area contributed by atoms with Gasteiger partial charge in [-0.15, -0.1) is 0 Å². The highest BCUT2D eigenvalue weighted by molar-refractivity contribution is 5.81. The summed E-state index contributed by atoms with van der Waals surface area (Å²) in [6.07, 6.45) is 6.43. The Morgan fingerprint density at radius 3 is 2.64 bits per heavy atom. The second-order valence-corrected chi connectivity index (χ2v) is 6.46. The van der Waals surface area contributed by atoms with E-state index in [4.69, 9.17) is 10.5 Å². The molecule has 0 aliphatic heterocycles. The fourth-order valence-electron chi connectivity index (χ4n) is 3.33. The van der Waals surface area contributed by atoms with Gasteiger partial charge in [0.15, 0.2) is 0 Å². The third kappa shape index (κ3) is 4.82. The lowest BCUT2D eigenvalue weighted by Gasteiger charge is -2.29. The van der Waals surface area contributed by atoms with Gasteiger partial charge in [0.2, 0.25) is 5.91 Å². The summed E-state index contributed by atoms with van der Waals surface area (Å²) in [5.41, 5.74) is 7.34. The summed E-state index contributed by atoms with van der Waals surface area (Å²) in [4.78, 5) is 12.3. The van der Waals surface area contributed by atoms with Gasteiger partial charge in [-0.3, -0.25) is 4.79 Å². The zero-order chi connectivity index (χ0) is 15.8. The Labute approximate surface area is 133 Å². The highest BCUT2D eigenvalue weighted by Gasteiger charge is 2.34. The van der Waals surface area contributed by atoms with E-state index in [9.17, 15) is 4.79 Å². The minimum Gasteiger partial charge on any atom is -0.385 e. The minimum atomic E-state index is -0.483. The molecular weight excluding hydrogens is 276 g/mol. The number of nitrogens with one attached hydrogen (secondary N) is 1. The average Bonchev–Trinajstić information content (AvgIpc) is 3.01. The Bertz CT molecular complexity index is 455.